The molecule has 3 N–H and O–H groups in total. The number of nitrogens with two attached hydrogens (primary N) is 1. The van der Waals surface area contributed by atoms with Crippen LogP contribution in [-0.2, 0) is 0 Å². The van der Waals surface area contributed by atoms with Gasteiger partial charge in [-0.2, -0.15) is 0 Å². The molecule has 0 aliphatic rings. The molecule has 0 saturated heterocycles. The molecule has 0 unspecified atom stereocenters. The summed E-state index contributed by atoms with van der Waals surface area (Å²) < 4.78 is 14.1. The van der Waals surface area contributed by atoms with Crippen LogP contribution in [0, 0.1) is 9.39 Å². The number of halogens is 3. The highest BCUT2D eigenvalue weighted by atomic mass is 127. The number of hydrogen-bond acceptors (Lipinski definition) is 2. The first kappa shape index (κ1) is 12.4. The Hall–Kier alpha value is -1.01. The third-order valence-corrected chi connectivity index (χ3v) is 3.21. The zero-order chi connectivity index (χ0) is 12.4. The van der Waals surface area contributed by atoms with Crippen LogP contribution in [-0.4, -0.2) is 0 Å². The fraction of sp³-hybridized carbons (Fsp3) is 0. The van der Waals surface area contributed by atoms with Crippen LogP contribution in [0.5, 0.6) is 0 Å². The van der Waals surface area contributed by atoms with E-state index in [4.69, 9.17) is 17.3 Å². The smallest absolute Gasteiger partial charge is 0.125 e. The fourth-order valence-corrected chi connectivity index (χ4v) is 2.07. The van der Waals surface area contributed by atoms with Crippen molar-refractivity contribution >= 4 is 51.3 Å². The van der Waals surface area contributed by atoms with Gasteiger partial charge >= 0.3 is 0 Å². The van der Waals surface area contributed by atoms with E-state index >= 15 is 0 Å². The van der Waals surface area contributed by atoms with Gasteiger partial charge in [0, 0.05) is 3.57 Å². The van der Waals surface area contributed by atoms with E-state index in [0.717, 1.165) is 3.57 Å². The largest absolute Gasteiger partial charge is 0.397 e. The molecule has 2 nitrogen and oxygen atoms in total. The Balaban J connectivity index is 2.34. The van der Waals surface area contributed by atoms with Crippen molar-refractivity contribution in [3.8, 4) is 0 Å². The van der Waals surface area contributed by atoms with Crippen molar-refractivity contribution in [2.24, 2.45) is 0 Å². The Morgan fingerprint density at radius 1 is 1.12 bits per heavy atom. The van der Waals surface area contributed by atoms with Crippen LogP contribution in [0.15, 0.2) is 36.4 Å². The molecule has 0 fully saturated rings. The molecule has 2 rings (SSSR count). The van der Waals surface area contributed by atoms with Gasteiger partial charge in [0.1, 0.15) is 5.82 Å². The van der Waals surface area contributed by atoms with E-state index in [9.17, 15) is 4.39 Å². The van der Waals surface area contributed by atoms with Crippen LogP contribution in [0.25, 0.3) is 0 Å². The Morgan fingerprint density at radius 2 is 1.88 bits per heavy atom. The van der Waals surface area contributed by atoms with Gasteiger partial charge < -0.3 is 11.1 Å². The predicted octanol–water partition coefficient (Wildman–Crippen LogP) is 4.41. The van der Waals surface area contributed by atoms with E-state index in [0.29, 0.717) is 22.1 Å². The summed E-state index contributed by atoms with van der Waals surface area (Å²) in [4.78, 5) is 0. The molecule has 2 aromatic carbocycles. The van der Waals surface area contributed by atoms with Gasteiger partial charge in [0.25, 0.3) is 0 Å². The highest BCUT2D eigenvalue weighted by molar-refractivity contribution is 14.1. The number of nitrogens with one attached hydrogen (secondary N) is 1. The highest BCUT2D eigenvalue weighted by Crippen LogP contribution is 2.29. The molecular formula is C12H9ClFIN2. The van der Waals surface area contributed by atoms with E-state index in [1.54, 1.807) is 0 Å². The number of anilines is 3. The minimum Gasteiger partial charge on any atom is -0.397 e. The molecule has 0 bridgehead atoms. The van der Waals surface area contributed by atoms with E-state index in [1.165, 1.54) is 18.2 Å². The lowest BCUT2D eigenvalue weighted by molar-refractivity contribution is 0.628. The highest BCUT2D eigenvalue weighted by Gasteiger charge is 2.05. The number of nitrogen functional groups attached to an aromatic ring is 1. The van der Waals surface area contributed by atoms with Gasteiger partial charge in [0.2, 0.25) is 0 Å². The predicted molar refractivity (Wildman–Crippen MR) is 78.3 cm³/mol. The van der Waals surface area contributed by atoms with Crippen molar-refractivity contribution < 1.29 is 4.39 Å². The molecule has 5 heteroatoms. The zero-order valence-electron chi connectivity index (χ0n) is 8.68. The van der Waals surface area contributed by atoms with Gasteiger partial charge in [-0.1, -0.05) is 11.6 Å². The Morgan fingerprint density at radius 3 is 2.59 bits per heavy atom. The van der Waals surface area contributed by atoms with Gasteiger partial charge in [-0.3, -0.25) is 0 Å². The molecule has 0 radical (unpaired) electrons. The standard InChI is InChI=1S/C12H9ClFIN2/c13-9-3-1-7(14)5-12(9)17-11-4-2-8(15)6-10(11)16/h1-6,17H,16H2. The van der Waals surface area contributed by atoms with Crippen LogP contribution in [0.3, 0.4) is 0 Å². The molecule has 0 spiro atoms. The third kappa shape index (κ3) is 3.01. The quantitative estimate of drug-likeness (QED) is 0.613. The molecule has 0 heterocycles. The second kappa shape index (κ2) is 5.10. The van der Waals surface area contributed by atoms with Crippen LogP contribution in [0.1, 0.15) is 0 Å². The van der Waals surface area contributed by atoms with Crippen molar-refractivity contribution in [1.82, 2.24) is 0 Å². The lowest BCUT2D eigenvalue weighted by Crippen LogP contribution is -1.97. The van der Waals surface area contributed by atoms with Gasteiger partial charge in [-0.15, -0.1) is 0 Å². The minimum absolute atomic E-state index is 0.346. The molecule has 0 atom stereocenters. The van der Waals surface area contributed by atoms with E-state index in [2.05, 4.69) is 27.9 Å². The maximum atomic E-state index is 13.1. The molecule has 2 aromatic rings. The average molecular weight is 363 g/mol. The summed E-state index contributed by atoms with van der Waals surface area (Å²) in [6, 6.07) is 9.72. The summed E-state index contributed by atoms with van der Waals surface area (Å²) in [5, 5.41) is 3.46. The molecular weight excluding hydrogens is 354 g/mol. The van der Waals surface area contributed by atoms with E-state index in [1.807, 2.05) is 18.2 Å². The van der Waals surface area contributed by atoms with Crippen LogP contribution in [0.2, 0.25) is 5.02 Å². The van der Waals surface area contributed by atoms with Crippen molar-refractivity contribution in [3.05, 3.63) is 50.8 Å². The molecule has 0 aliphatic heterocycles. The third-order valence-electron chi connectivity index (χ3n) is 2.21. The maximum Gasteiger partial charge on any atom is 0.125 e. The number of hydrogen-bond donors (Lipinski definition) is 2. The summed E-state index contributed by atoms with van der Waals surface area (Å²) in [5.74, 6) is -0.346. The molecule has 0 amide bonds. The lowest BCUT2D eigenvalue weighted by Gasteiger charge is -2.11. The first-order valence-corrected chi connectivity index (χ1v) is 6.29. The monoisotopic (exact) mass is 362 g/mol. The van der Waals surface area contributed by atoms with Crippen LogP contribution >= 0.6 is 34.2 Å². The first-order valence-electron chi connectivity index (χ1n) is 4.83. The summed E-state index contributed by atoms with van der Waals surface area (Å²) in [7, 11) is 0. The summed E-state index contributed by atoms with van der Waals surface area (Å²) in [5.41, 5.74) is 7.65. The maximum absolute atomic E-state index is 13.1. The van der Waals surface area contributed by atoms with Crippen molar-refractivity contribution in [2.45, 2.75) is 0 Å². The van der Waals surface area contributed by atoms with Crippen molar-refractivity contribution in [3.63, 3.8) is 0 Å². The fourth-order valence-electron chi connectivity index (χ4n) is 1.39. The lowest BCUT2D eigenvalue weighted by atomic mass is 10.2. The van der Waals surface area contributed by atoms with Crippen LogP contribution < -0.4 is 11.1 Å². The van der Waals surface area contributed by atoms with Gasteiger partial charge in [-0.25, -0.2) is 4.39 Å². The topological polar surface area (TPSA) is 38.0 Å². The SMILES string of the molecule is Nc1cc(I)ccc1Nc1cc(F)ccc1Cl. The molecule has 88 valence electrons. The first-order chi connectivity index (χ1) is 8.06. The van der Waals surface area contributed by atoms with Crippen molar-refractivity contribution in [2.75, 3.05) is 11.1 Å². The van der Waals surface area contributed by atoms with Gasteiger partial charge in [-0.05, 0) is 59.0 Å². The summed E-state index contributed by atoms with van der Waals surface area (Å²) in [6.07, 6.45) is 0. The van der Waals surface area contributed by atoms with Crippen LogP contribution in [0.4, 0.5) is 21.5 Å². The Bertz CT molecular complexity index is 560. The summed E-state index contributed by atoms with van der Waals surface area (Å²) >= 11 is 8.13. The zero-order valence-corrected chi connectivity index (χ0v) is 11.6. The minimum atomic E-state index is -0.346. The average Bonchev–Trinajstić information content (AvgIpc) is 2.27. The summed E-state index contributed by atoms with van der Waals surface area (Å²) in [6.45, 7) is 0. The van der Waals surface area contributed by atoms with Gasteiger partial charge in [0.15, 0.2) is 0 Å². The molecule has 0 saturated carbocycles. The van der Waals surface area contributed by atoms with E-state index < -0.39 is 0 Å². The van der Waals surface area contributed by atoms with Crippen molar-refractivity contribution in [1.29, 1.82) is 0 Å². The van der Waals surface area contributed by atoms with Gasteiger partial charge in [0.05, 0.1) is 22.1 Å². The Kier molecular flexibility index (Phi) is 3.73. The second-order valence-electron chi connectivity index (χ2n) is 3.48. The normalized spacial score (nSPS) is 10.3. The molecule has 0 aromatic heterocycles. The molecule has 17 heavy (non-hydrogen) atoms. The molecule has 0 aliphatic carbocycles. The Labute approximate surface area is 117 Å². The number of benzene rings is 2. The van der Waals surface area contributed by atoms with E-state index in [-0.39, 0.29) is 5.82 Å². The number of rotatable bonds is 2. The second-order valence-corrected chi connectivity index (χ2v) is 5.13.